The summed E-state index contributed by atoms with van der Waals surface area (Å²) in [4.78, 5) is 19.0. The van der Waals surface area contributed by atoms with Crippen molar-refractivity contribution in [3.05, 3.63) is 96.3 Å². The van der Waals surface area contributed by atoms with E-state index in [0.29, 0.717) is 5.56 Å². The van der Waals surface area contributed by atoms with E-state index in [-0.39, 0.29) is 5.91 Å². The summed E-state index contributed by atoms with van der Waals surface area (Å²) in [5.41, 5.74) is 4.91. The smallest absolute Gasteiger partial charge is 0.255 e. The number of carbonyl (C=O) groups is 1. The van der Waals surface area contributed by atoms with E-state index in [1.165, 1.54) is 0 Å². The molecule has 0 atom stereocenters. The van der Waals surface area contributed by atoms with E-state index in [1.807, 2.05) is 58.1 Å². The van der Waals surface area contributed by atoms with Crippen LogP contribution in [0.2, 0.25) is 0 Å². The van der Waals surface area contributed by atoms with Gasteiger partial charge in [-0.1, -0.05) is 48.5 Å². The molecule has 6 heteroatoms. The number of aromatic nitrogens is 3. The van der Waals surface area contributed by atoms with Crippen LogP contribution in [0.15, 0.2) is 90.2 Å². The van der Waals surface area contributed by atoms with E-state index in [4.69, 9.17) is 5.10 Å². The molecule has 1 fully saturated rings. The Labute approximate surface area is 192 Å². The second-order valence-electron chi connectivity index (χ2n) is 7.82. The molecule has 0 spiro atoms. The Morgan fingerprint density at radius 1 is 0.906 bits per heavy atom. The highest BCUT2D eigenvalue weighted by Crippen LogP contribution is 2.29. The highest BCUT2D eigenvalue weighted by atomic mass is 32.2. The van der Waals surface area contributed by atoms with Crippen LogP contribution in [-0.4, -0.2) is 38.7 Å². The molecule has 1 aliphatic heterocycles. The average molecular weight is 441 g/mol. The van der Waals surface area contributed by atoms with Crippen molar-refractivity contribution in [2.75, 3.05) is 13.1 Å². The molecular weight excluding hydrogens is 416 g/mol. The predicted molar refractivity (Wildman–Crippen MR) is 128 cm³/mol. The van der Waals surface area contributed by atoms with Gasteiger partial charge < -0.3 is 4.90 Å². The topological polar surface area (TPSA) is 51.0 Å². The molecule has 1 aliphatic rings. The Hall–Kier alpha value is -3.38. The van der Waals surface area contributed by atoms with Gasteiger partial charge in [0, 0.05) is 42.4 Å². The van der Waals surface area contributed by atoms with Gasteiger partial charge in [0.25, 0.3) is 5.91 Å². The van der Waals surface area contributed by atoms with Crippen molar-refractivity contribution in [3.63, 3.8) is 0 Å². The molecule has 1 amide bonds. The number of hydrogen-bond donors (Lipinski definition) is 0. The maximum atomic E-state index is 12.5. The van der Waals surface area contributed by atoms with E-state index < -0.39 is 0 Å². The van der Waals surface area contributed by atoms with Crippen molar-refractivity contribution in [1.82, 2.24) is 19.7 Å². The van der Waals surface area contributed by atoms with Crippen molar-refractivity contribution >= 4 is 17.7 Å². The Morgan fingerprint density at radius 2 is 1.62 bits per heavy atom. The van der Waals surface area contributed by atoms with Gasteiger partial charge >= 0.3 is 0 Å². The minimum atomic E-state index is 0.0852. The number of thioether (sulfide) groups is 1. The molecule has 0 unspecified atom stereocenters. The van der Waals surface area contributed by atoms with Gasteiger partial charge in [-0.3, -0.25) is 4.79 Å². The van der Waals surface area contributed by atoms with E-state index in [9.17, 15) is 4.79 Å². The van der Waals surface area contributed by atoms with Gasteiger partial charge in [-0.15, -0.1) is 11.8 Å². The van der Waals surface area contributed by atoms with Gasteiger partial charge in [0.05, 0.1) is 22.0 Å². The largest absolute Gasteiger partial charge is 0.339 e. The van der Waals surface area contributed by atoms with Gasteiger partial charge in [0.2, 0.25) is 0 Å². The van der Waals surface area contributed by atoms with Crippen molar-refractivity contribution < 1.29 is 4.79 Å². The molecule has 2 aromatic heterocycles. The quantitative estimate of drug-likeness (QED) is 0.374. The Bertz CT molecular complexity index is 1180. The molecule has 2 aromatic carbocycles. The number of para-hydroxylation sites is 1. The summed E-state index contributed by atoms with van der Waals surface area (Å²) >= 11 is 1.65. The van der Waals surface area contributed by atoms with Crippen molar-refractivity contribution in [2.24, 2.45) is 0 Å². The van der Waals surface area contributed by atoms with Gasteiger partial charge in [-0.2, -0.15) is 5.10 Å². The predicted octanol–water partition coefficient (Wildman–Crippen LogP) is 5.46. The maximum absolute atomic E-state index is 12.5. The first-order valence-corrected chi connectivity index (χ1v) is 11.8. The Balaban J connectivity index is 1.35. The monoisotopic (exact) mass is 440 g/mol. The first kappa shape index (κ1) is 20.5. The highest BCUT2D eigenvalue weighted by Gasteiger charge is 2.19. The average Bonchev–Trinajstić information content (AvgIpc) is 3.54. The zero-order valence-corrected chi connectivity index (χ0v) is 18.5. The van der Waals surface area contributed by atoms with Crippen molar-refractivity contribution in [1.29, 1.82) is 0 Å². The van der Waals surface area contributed by atoms with Crippen LogP contribution < -0.4 is 0 Å². The SMILES string of the molecule is O=C(c1ccc(SCc2cn(-c3ccccc3)nc2-c2ccccc2)nc1)N1CCCC1. The van der Waals surface area contributed by atoms with Crippen molar-refractivity contribution in [2.45, 2.75) is 23.6 Å². The van der Waals surface area contributed by atoms with Gasteiger partial charge in [-0.25, -0.2) is 9.67 Å². The number of pyridine rings is 1. The number of amides is 1. The molecular formula is C26H24N4OS. The van der Waals surface area contributed by atoms with Crippen LogP contribution >= 0.6 is 11.8 Å². The number of benzene rings is 2. The van der Waals surface area contributed by atoms with Gasteiger partial charge in [0.1, 0.15) is 0 Å². The number of nitrogens with zero attached hydrogens (tertiary/aromatic N) is 4. The normalized spacial score (nSPS) is 13.4. The fraction of sp³-hybridized carbons (Fsp3) is 0.192. The standard InChI is InChI=1S/C26H24N4OS/c31-26(29-15-7-8-16-29)21-13-14-24(27-17-21)32-19-22-18-30(23-11-5-2-6-12-23)28-25(22)20-9-3-1-4-10-20/h1-6,9-14,17-18H,7-8,15-16,19H2. The van der Waals surface area contributed by atoms with Crippen LogP contribution in [0.3, 0.4) is 0 Å². The third-order valence-corrected chi connectivity index (χ3v) is 6.60. The Morgan fingerprint density at radius 3 is 2.31 bits per heavy atom. The van der Waals surface area contributed by atoms with Crippen LogP contribution in [0.4, 0.5) is 0 Å². The molecule has 32 heavy (non-hydrogen) atoms. The summed E-state index contributed by atoms with van der Waals surface area (Å²) in [5.74, 6) is 0.825. The molecule has 1 saturated heterocycles. The summed E-state index contributed by atoms with van der Waals surface area (Å²) in [6.07, 6.45) is 5.98. The third kappa shape index (κ3) is 4.46. The van der Waals surface area contributed by atoms with Gasteiger partial charge in [-0.05, 0) is 37.1 Å². The molecule has 0 bridgehead atoms. The summed E-state index contributed by atoms with van der Waals surface area (Å²) in [6.45, 7) is 1.70. The van der Waals surface area contributed by atoms with E-state index in [1.54, 1.807) is 18.0 Å². The molecule has 0 saturated carbocycles. The second-order valence-corrected chi connectivity index (χ2v) is 8.82. The van der Waals surface area contributed by atoms with Crippen LogP contribution in [-0.2, 0) is 5.75 Å². The van der Waals surface area contributed by atoms with E-state index >= 15 is 0 Å². The number of likely N-dealkylation sites (tertiary alicyclic amines) is 1. The van der Waals surface area contributed by atoms with E-state index in [0.717, 1.165) is 59.2 Å². The van der Waals surface area contributed by atoms with Crippen LogP contribution in [0.1, 0.15) is 28.8 Å². The number of carbonyl (C=O) groups excluding carboxylic acids is 1. The Kier molecular flexibility index (Phi) is 6.03. The lowest BCUT2D eigenvalue weighted by Crippen LogP contribution is -2.27. The fourth-order valence-corrected chi connectivity index (χ4v) is 4.72. The van der Waals surface area contributed by atoms with Crippen molar-refractivity contribution in [3.8, 4) is 16.9 Å². The first-order valence-electron chi connectivity index (χ1n) is 10.9. The highest BCUT2D eigenvalue weighted by molar-refractivity contribution is 7.98. The molecule has 5 nitrogen and oxygen atoms in total. The lowest BCUT2D eigenvalue weighted by atomic mass is 10.1. The molecule has 4 aromatic rings. The first-order chi connectivity index (χ1) is 15.8. The summed E-state index contributed by atoms with van der Waals surface area (Å²) in [5, 5.41) is 5.77. The number of hydrogen-bond acceptors (Lipinski definition) is 4. The molecule has 0 aliphatic carbocycles. The molecule has 0 N–H and O–H groups in total. The van der Waals surface area contributed by atoms with Crippen LogP contribution in [0.25, 0.3) is 16.9 Å². The summed E-state index contributed by atoms with van der Waals surface area (Å²) < 4.78 is 1.93. The molecule has 5 rings (SSSR count). The lowest BCUT2D eigenvalue weighted by molar-refractivity contribution is 0.0792. The lowest BCUT2D eigenvalue weighted by Gasteiger charge is -2.14. The molecule has 160 valence electrons. The molecule has 0 radical (unpaired) electrons. The maximum Gasteiger partial charge on any atom is 0.255 e. The zero-order valence-electron chi connectivity index (χ0n) is 17.7. The number of rotatable bonds is 6. The minimum Gasteiger partial charge on any atom is -0.339 e. The fourth-order valence-electron chi connectivity index (χ4n) is 3.91. The van der Waals surface area contributed by atoms with E-state index in [2.05, 4.69) is 35.4 Å². The summed E-state index contributed by atoms with van der Waals surface area (Å²) in [7, 11) is 0. The van der Waals surface area contributed by atoms with Crippen LogP contribution in [0, 0.1) is 0 Å². The molecule has 3 heterocycles. The second kappa shape index (κ2) is 9.40. The third-order valence-electron chi connectivity index (χ3n) is 5.61. The van der Waals surface area contributed by atoms with Crippen LogP contribution in [0.5, 0.6) is 0 Å². The minimum absolute atomic E-state index is 0.0852. The zero-order chi connectivity index (χ0) is 21.8. The van der Waals surface area contributed by atoms with Gasteiger partial charge in [0.15, 0.2) is 0 Å². The summed E-state index contributed by atoms with van der Waals surface area (Å²) in [6, 6.07) is 24.2.